The molecule has 0 bridgehead atoms. The average molecular weight is 232 g/mol. The second-order valence-electron chi connectivity index (χ2n) is 5.13. The molecule has 0 spiro atoms. The predicted molar refractivity (Wildman–Crippen MR) is 74.7 cm³/mol. The molecule has 1 N–H and O–H groups in total. The lowest BCUT2D eigenvalue weighted by Crippen LogP contribution is -2.38. The largest absolute Gasteiger partial charge is 0.371 e. The summed E-state index contributed by atoms with van der Waals surface area (Å²) in [5, 5.41) is 3.50. The van der Waals surface area contributed by atoms with E-state index in [0.717, 1.165) is 25.4 Å². The van der Waals surface area contributed by atoms with E-state index < -0.39 is 0 Å². The van der Waals surface area contributed by atoms with Crippen molar-refractivity contribution in [1.82, 2.24) is 5.32 Å². The summed E-state index contributed by atoms with van der Waals surface area (Å²) in [6.07, 6.45) is 2.36. The molecule has 1 unspecified atom stereocenters. The maximum atomic E-state index is 3.50. The number of hydrogen-bond donors (Lipinski definition) is 1. The lowest BCUT2D eigenvalue weighted by atomic mass is 10.1. The minimum absolute atomic E-state index is 0.723. The Balaban J connectivity index is 2.06. The van der Waals surface area contributed by atoms with Crippen LogP contribution in [0.25, 0.3) is 0 Å². The highest BCUT2D eigenvalue weighted by Crippen LogP contribution is 2.18. The number of anilines is 1. The van der Waals surface area contributed by atoms with Crippen LogP contribution in [-0.4, -0.2) is 26.2 Å². The van der Waals surface area contributed by atoms with Crippen molar-refractivity contribution in [1.29, 1.82) is 0 Å². The average Bonchev–Trinajstić information content (AvgIpc) is 2.34. The van der Waals surface area contributed by atoms with Crippen LogP contribution in [0.2, 0.25) is 0 Å². The zero-order valence-corrected chi connectivity index (χ0v) is 11.1. The Hall–Kier alpha value is -1.02. The molecular formula is C15H24N2. The first-order valence-electron chi connectivity index (χ1n) is 6.84. The van der Waals surface area contributed by atoms with Gasteiger partial charge < -0.3 is 10.2 Å². The second kappa shape index (κ2) is 6.06. The first-order valence-corrected chi connectivity index (χ1v) is 6.84. The van der Waals surface area contributed by atoms with Gasteiger partial charge in [-0.25, -0.2) is 0 Å². The van der Waals surface area contributed by atoms with E-state index in [2.05, 4.69) is 48.3 Å². The van der Waals surface area contributed by atoms with E-state index in [9.17, 15) is 0 Å². The summed E-state index contributed by atoms with van der Waals surface area (Å²) in [6.45, 7) is 9.16. The minimum atomic E-state index is 0.723. The van der Waals surface area contributed by atoms with Gasteiger partial charge >= 0.3 is 0 Å². The number of nitrogens with one attached hydrogen (secondary N) is 1. The third-order valence-corrected chi connectivity index (χ3v) is 3.52. The Morgan fingerprint density at radius 1 is 1.29 bits per heavy atom. The molecule has 0 radical (unpaired) electrons. The fourth-order valence-electron chi connectivity index (χ4n) is 2.45. The summed E-state index contributed by atoms with van der Waals surface area (Å²) in [5.41, 5.74) is 2.81. The third kappa shape index (κ3) is 3.47. The molecule has 0 amide bonds. The van der Waals surface area contributed by atoms with Crippen molar-refractivity contribution in [3.8, 4) is 0 Å². The summed E-state index contributed by atoms with van der Waals surface area (Å²) in [4.78, 5) is 2.53. The Labute approximate surface area is 105 Å². The van der Waals surface area contributed by atoms with Crippen molar-refractivity contribution < 1.29 is 0 Å². The van der Waals surface area contributed by atoms with Crippen LogP contribution in [0.3, 0.4) is 0 Å². The zero-order chi connectivity index (χ0) is 12.1. The Kier molecular flexibility index (Phi) is 4.43. The van der Waals surface area contributed by atoms with E-state index in [0.29, 0.717) is 0 Å². The van der Waals surface area contributed by atoms with Crippen molar-refractivity contribution in [3.63, 3.8) is 0 Å². The molecule has 2 rings (SSSR count). The monoisotopic (exact) mass is 232 g/mol. The molecule has 1 atom stereocenters. The molecule has 1 aliphatic rings. The fraction of sp³-hybridized carbons (Fsp3) is 0.600. The van der Waals surface area contributed by atoms with E-state index >= 15 is 0 Å². The van der Waals surface area contributed by atoms with Gasteiger partial charge in [-0.05, 0) is 49.5 Å². The lowest BCUT2D eigenvalue weighted by molar-refractivity contribution is 0.468. The fourth-order valence-corrected chi connectivity index (χ4v) is 2.45. The molecule has 2 heteroatoms. The van der Waals surface area contributed by atoms with Crippen molar-refractivity contribution >= 4 is 5.69 Å². The van der Waals surface area contributed by atoms with Gasteiger partial charge in [0.15, 0.2) is 0 Å². The normalized spacial score (nSPS) is 22.0. The molecular weight excluding hydrogens is 208 g/mol. The van der Waals surface area contributed by atoms with Crippen LogP contribution in [0, 0.1) is 5.92 Å². The molecule has 1 fully saturated rings. The standard InChI is InChI=1S/C15H24N2/c1-3-14-5-7-15(8-6-14)17-10-4-9-16-11-13(2)12-17/h5-8,13,16H,3-4,9-12H2,1-2H3. The molecule has 0 saturated carbocycles. The van der Waals surface area contributed by atoms with Gasteiger partial charge in [-0.2, -0.15) is 0 Å². The molecule has 1 aromatic rings. The molecule has 0 aromatic heterocycles. The molecule has 0 aliphatic carbocycles. The van der Waals surface area contributed by atoms with Crippen molar-refractivity contribution in [2.75, 3.05) is 31.1 Å². The number of hydrogen-bond acceptors (Lipinski definition) is 2. The number of nitrogens with zero attached hydrogens (tertiary/aromatic N) is 1. The molecule has 2 nitrogen and oxygen atoms in total. The van der Waals surface area contributed by atoms with Gasteiger partial charge in [0.05, 0.1) is 0 Å². The molecule has 94 valence electrons. The Morgan fingerprint density at radius 3 is 2.76 bits per heavy atom. The van der Waals surface area contributed by atoms with Crippen molar-refractivity contribution in [2.45, 2.75) is 26.7 Å². The van der Waals surface area contributed by atoms with E-state index in [1.165, 1.54) is 30.8 Å². The lowest BCUT2D eigenvalue weighted by Gasteiger charge is -2.30. The van der Waals surface area contributed by atoms with Gasteiger partial charge in [0.25, 0.3) is 0 Å². The topological polar surface area (TPSA) is 15.3 Å². The van der Waals surface area contributed by atoms with Crippen LogP contribution in [-0.2, 0) is 6.42 Å². The van der Waals surface area contributed by atoms with E-state index in [4.69, 9.17) is 0 Å². The van der Waals surface area contributed by atoms with Crippen LogP contribution < -0.4 is 10.2 Å². The molecule has 1 aliphatic heterocycles. The minimum Gasteiger partial charge on any atom is -0.371 e. The van der Waals surface area contributed by atoms with Gasteiger partial charge in [0, 0.05) is 18.8 Å². The predicted octanol–water partition coefficient (Wildman–Crippen LogP) is 2.68. The summed E-state index contributed by atoms with van der Waals surface area (Å²) in [6, 6.07) is 9.08. The van der Waals surface area contributed by atoms with E-state index in [1.54, 1.807) is 0 Å². The van der Waals surface area contributed by atoms with Crippen LogP contribution in [0.5, 0.6) is 0 Å². The van der Waals surface area contributed by atoms with E-state index in [-0.39, 0.29) is 0 Å². The number of aryl methyl sites for hydroxylation is 1. The van der Waals surface area contributed by atoms with Crippen LogP contribution in [0.4, 0.5) is 5.69 Å². The second-order valence-corrected chi connectivity index (χ2v) is 5.13. The molecule has 1 heterocycles. The first-order chi connectivity index (χ1) is 8.29. The summed E-state index contributed by atoms with van der Waals surface area (Å²) >= 11 is 0. The van der Waals surface area contributed by atoms with Gasteiger partial charge in [-0.15, -0.1) is 0 Å². The van der Waals surface area contributed by atoms with Gasteiger partial charge in [0.2, 0.25) is 0 Å². The highest BCUT2D eigenvalue weighted by molar-refractivity contribution is 5.47. The number of benzene rings is 1. The van der Waals surface area contributed by atoms with Gasteiger partial charge in [-0.1, -0.05) is 26.0 Å². The third-order valence-electron chi connectivity index (χ3n) is 3.52. The summed E-state index contributed by atoms with van der Waals surface area (Å²) in [5.74, 6) is 0.723. The highest BCUT2D eigenvalue weighted by Gasteiger charge is 2.13. The maximum absolute atomic E-state index is 3.50. The van der Waals surface area contributed by atoms with Crippen molar-refractivity contribution in [2.24, 2.45) is 5.92 Å². The Morgan fingerprint density at radius 2 is 2.06 bits per heavy atom. The smallest absolute Gasteiger partial charge is 0.0366 e. The van der Waals surface area contributed by atoms with Crippen LogP contribution >= 0.6 is 0 Å². The van der Waals surface area contributed by atoms with Crippen LogP contribution in [0.1, 0.15) is 25.8 Å². The first kappa shape index (κ1) is 12.4. The van der Waals surface area contributed by atoms with Crippen molar-refractivity contribution in [3.05, 3.63) is 29.8 Å². The molecule has 17 heavy (non-hydrogen) atoms. The Bertz CT molecular complexity index is 331. The summed E-state index contributed by atoms with van der Waals surface area (Å²) < 4.78 is 0. The maximum Gasteiger partial charge on any atom is 0.0366 e. The summed E-state index contributed by atoms with van der Waals surface area (Å²) in [7, 11) is 0. The quantitative estimate of drug-likeness (QED) is 0.843. The van der Waals surface area contributed by atoms with Crippen LogP contribution in [0.15, 0.2) is 24.3 Å². The van der Waals surface area contributed by atoms with Gasteiger partial charge in [0.1, 0.15) is 0 Å². The number of rotatable bonds is 2. The SMILES string of the molecule is CCc1ccc(N2CCCNCC(C)C2)cc1. The molecule has 1 aromatic carbocycles. The van der Waals surface area contributed by atoms with Gasteiger partial charge in [-0.3, -0.25) is 0 Å². The highest BCUT2D eigenvalue weighted by atomic mass is 15.1. The van der Waals surface area contributed by atoms with E-state index in [1.807, 2.05) is 0 Å². The molecule has 1 saturated heterocycles. The zero-order valence-electron chi connectivity index (χ0n) is 11.1.